The fourth-order valence-electron chi connectivity index (χ4n) is 3.06. The molecule has 0 spiro atoms. The van der Waals surface area contributed by atoms with E-state index in [1.807, 2.05) is 25.1 Å². The molecule has 1 aromatic heterocycles. The zero-order valence-electron chi connectivity index (χ0n) is 13.5. The van der Waals surface area contributed by atoms with Crippen LogP contribution in [0, 0.1) is 0 Å². The largest absolute Gasteiger partial charge is 0.377 e. The number of hydrogen-bond donors (Lipinski definition) is 1. The fourth-order valence-corrected chi connectivity index (χ4v) is 3.06. The fraction of sp³-hybridized carbons (Fsp3) is 0.444. The number of H-pyrrole nitrogens is 1. The first-order valence-corrected chi connectivity index (χ1v) is 8.08. The third kappa shape index (κ3) is 4.06. The number of rotatable bonds is 6. The van der Waals surface area contributed by atoms with Gasteiger partial charge in [-0.25, -0.2) is 4.98 Å². The van der Waals surface area contributed by atoms with Crippen LogP contribution >= 0.6 is 0 Å². The number of fused-ring (bicyclic) bond motifs is 1. The lowest BCUT2D eigenvalue weighted by atomic mass is 10.2. The van der Waals surface area contributed by atoms with Crippen molar-refractivity contribution >= 4 is 10.9 Å². The number of hydrogen-bond acceptors (Lipinski definition) is 4. The molecule has 1 atom stereocenters. The van der Waals surface area contributed by atoms with Gasteiger partial charge in [-0.1, -0.05) is 24.3 Å². The molecule has 1 fully saturated rings. The number of aromatic nitrogens is 2. The summed E-state index contributed by atoms with van der Waals surface area (Å²) < 4.78 is 5.73. The van der Waals surface area contributed by atoms with Crippen LogP contribution in [0.1, 0.15) is 25.6 Å². The predicted molar refractivity (Wildman–Crippen MR) is 91.4 cm³/mol. The molecule has 122 valence electrons. The van der Waals surface area contributed by atoms with Crippen molar-refractivity contribution in [1.82, 2.24) is 14.9 Å². The lowest BCUT2D eigenvalue weighted by Crippen LogP contribution is -2.34. The standard InChI is InChI=1S/C18H23N3O2/c1-13(2)10-21(11-14-6-5-9-23-14)12-17-19-16-8-4-3-7-15(16)18(22)20-17/h3-4,7-8,14H,1,5-6,9-12H2,2H3,(H,19,20,22)/t14-/m0/s1. The highest BCUT2D eigenvalue weighted by molar-refractivity contribution is 5.77. The third-order valence-corrected chi connectivity index (χ3v) is 4.01. The minimum absolute atomic E-state index is 0.0852. The first-order valence-electron chi connectivity index (χ1n) is 8.08. The van der Waals surface area contributed by atoms with Crippen LogP contribution in [0.15, 0.2) is 41.2 Å². The van der Waals surface area contributed by atoms with Gasteiger partial charge in [0.05, 0.1) is 23.6 Å². The minimum atomic E-state index is -0.0852. The lowest BCUT2D eigenvalue weighted by molar-refractivity contribution is 0.0730. The molecule has 1 N–H and O–H groups in total. The third-order valence-electron chi connectivity index (χ3n) is 4.01. The zero-order chi connectivity index (χ0) is 16.2. The van der Waals surface area contributed by atoms with Crippen molar-refractivity contribution in [2.45, 2.75) is 32.4 Å². The Morgan fingerprint density at radius 2 is 2.30 bits per heavy atom. The first kappa shape index (κ1) is 15.9. The predicted octanol–water partition coefficient (Wildman–Crippen LogP) is 2.48. The maximum atomic E-state index is 12.2. The number of nitrogens with zero attached hydrogens (tertiary/aromatic N) is 2. The first-order chi connectivity index (χ1) is 11.1. The Hall–Kier alpha value is -1.98. The van der Waals surface area contributed by atoms with Crippen molar-refractivity contribution in [3.05, 3.63) is 52.6 Å². The summed E-state index contributed by atoms with van der Waals surface area (Å²) in [5.74, 6) is 0.688. The van der Waals surface area contributed by atoms with E-state index in [9.17, 15) is 4.79 Å². The summed E-state index contributed by atoms with van der Waals surface area (Å²) in [7, 11) is 0. The summed E-state index contributed by atoms with van der Waals surface area (Å²) in [6.45, 7) is 9.06. The topological polar surface area (TPSA) is 58.2 Å². The maximum absolute atomic E-state index is 12.2. The van der Waals surface area contributed by atoms with Crippen LogP contribution in [-0.2, 0) is 11.3 Å². The van der Waals surface area contributed by atoms with Crippen LogP contribution in [0.4, 0.5) is 0 Å². The van der Waals surface area contributed by atoms with Gasteiger partial charge in [-0.05, 0) is 31.9 Å². The molecule has 0 unspecified atom stereocenters. The van der Waals surface area contributed by atoms with E-state index in [0.29, 0.717) is 17.8 Å². The van der Waals surface area contributed by atoms with E-state index in [1.165, 1.54) is 0 Å². The van der Waals surface area contributed by atoms with Crippen LogP contribution in [0.2, 0.25) is 0 Å². The molecule has 0 amide bonds. The highest BCUT2D eigenvalue weighted by Crippen LogP contribution is 2.15. The molecule has 3 rings (SSSR count). The quantitative estimate of drug-likeness (QED) is 0.832. The number of aromatic amines is 1. The van der Waals surface area contributed by atoms with Crippen LogP contribution in [-0.4, -0.2) is 40.7 Å². The van der Waals surface area contributed by atoms with E-state index >= 15 is 0 Å². The molecule has 0 aliphatic carbocycles. The van der Waals surface area contributed by atoms with Gasteiger partial charge < -0.3 is 9.72 Å². The normalized spacial score (nSPS) is 17.9. The van der Waals surface area contributed by atoms with E-state index in [1.54, 1.807) is 6.07 Å². The molecular weight excluding hydrogens is 290 g/mol. The van der Waals surface area contributed by atoms with Gasteiger partial charge in [0.1, 0.15) is 5.82 Å². The molecule has 1 aliphatic heterocycles. The van der Waals surface area contributed by atoms with Gasteiger partial charge >= 0.3 is 0 Å². The van der Waals surface area contributed by atoms with E-state index in [4.69, 9.17) is 4.74 Å². The molecule has 5 nitrogen and oxygen atoms in total. The van der Waals surface area contributed by atoms with E-state index in [2.05, 4.69) is 21.4 Å². The van der Waals surface area contributed by atoms with Gasteiger partial charge in [0, 0.05) is 19.7 Å². The molecule has 1 saturated heterocycles. The van der Waals surface area contributed by atoms with E-state index in [-0.39, 0.29) is 11.7 Å². The highest BCUT2D eigenvalue weighted by atomic mass is 16.5. The Morgan fingerprint density at radius 3 is 3.04 bits per heavy atom. The number of nitrogens with one attached hydrogen (secondary N) is 1. The Bertz CT molecular complexity index is 747. The Labute approximate surface area is 136 Å². The van der Waals surface area contributed by atoms with E-state index in [0.717, 1.165) is 43.6 Å². The smallest absolute Gasteiger partial charge is 0.258 e. The van der Waals surface area contributed by atoms with Crippen LogP contribution in [0.25, 0.3) is 10.9 Å². The Balaban J connectivity index is 1.80. The summed E-state index contributed by atoms with van der Waals surface area (Å²) in [5, 5.41) is 0.627. The van der Waals surface area contributed by atoms with Crippen LogP contribution in [0.5, 0.6) is 0 Å². The van der Waals surface area contributed by atoms with Crippen molar-refractivity contribution in [3.63, 3.8) is 0 Å². The second kappa shape index (κ2) is 7.06. The Morgan fingerprint density at radius 1 is 1.48 bits per heavy atom. The molecule has 0 radical (unpaired) electrons. The number of ether oxygens (including phenoxy) is 1. The molecule has 1 aliphatic rings. The van der Waals surface area contributed by atoms with Gasteiger partial charge in [0.2, 0.25) is 0 Å². The maximum Gasteiger partial charge on any atom is 0.258 e. The number of benzene rings is 1. The second-order valence-corrected chi connectivity index (χ2v) is 6.29. The molecule has 23 heavy (non-hydrogen) atoms. The summed E-state index contributed by atoms with van der Waals surface area (Å²) in [4.78, 5) is 21.9. The average molecular weight is 313 g/mol. The minimum Gasteiger partial charge on any atom is -0.377 e. The van der Waals surface area contributed by atoms with Crippen LogP contribution in [0.3, 0.4) is 0 Å². The Kier molecular flexibility index (Phi) is 4.88. The lowest BCUT2D eigenvalue weighted by Gasteiger charge is -2.24. The summed E-state index contributed by atoms with van der Waals surface area (Å²) >= 11 is 0. The van der Waals surface area contributed by atoms with Crippen molar-refractivity contribution in [3.8, 4) is 0 Å². The SMILES string of the molecule is C=C(C)CN(Cc1nc2ccccc2c(=O)[nH]1)C[C@@H]1CCCO1. The second-order valence-electron chi connectivity index (χ2n) is 6.29. The van der Waals surface area contributed by atoms with Gasteiger partial charge in [-0.3, -0.25) is 9.69 Å². The molecule has 5 heteroatoms. The summed E-state index contributed by atoms with van der Waals surface area (Å²) in [5.41, 5.74) is 1.74. The summed E-state index contributed by atoms with van der Waals surface area (Å²) in [6.07, 6.45) is 2.48. The number of para-hydroxylation sites is 1. The molecule has 0 bridgehead atoms. The highest BCUT2D eigenvalue weighted by Gasteiger charge is 2.20. The van der Waals surface area contributed by atoms with Crippen molar-refractivity contribution in [2.75, 3.05) is 19.7 Å². The molecule has 1 aromatic carbocycles. The zero-order valence-corrected chi connectivity index (χ0v) is 13.5. The molecule has 2 aromatic rings. The molecule has 2 heterocycles. The van der Waals surface area contributed by atoms with Crippen molar-refractivity contribution in [1.29, 1.82) is 0 Å². The van der Waals surface area contributed by atoms with Crippen molar-refractivity contribution in [2.24, 2.45) is 0 Å². The van der Waals surface area contributed by atoms with Crippen LogP contribution < -0.4 is 5.56 Å². The average Bonchev–Trinajstić information content (AvgIpc) is 2.99. The van der Waals surface area contributed by atoms with Gasteiger partial charge in [-0.2, -0.15) is 0 Å². The molecular formula is C18H23N3O2. The monoisotopic (exact) mass is 313 g/mol. The molecule has 0 saturated carbocycles. The van der Waals surface area contributed by atoms with E-state index < -0.39 is 0 Å². The van der Waals surface area contributed by atoms with Crippen molar-refractivity contribution < 1.29 is 4.74 Å². The van der Waals surface area contributed by atoms with Gasteiger partial charge in [0.15, 0.2) is 0 Å². The van der Waals surface area contributed by atoms with Gasteiger partial charge in [-0.15, -0.1) is 0 Å². The summed E-state index contributed by atoms with van der Waals surface area (Å²) in [6, 6.07) is 7.42. The van der Waals surface area contributed by atoms with Gasteiger partial charge in [0.25, 0.3) is 5.56 Å².